The molecule has 4 rings (SSSR count). The van der Waals surface area contributed by atoms with Crippen molar-refractivity contribution < 1.29 is 9.59 Å². The summed E-state index contributed by atoms with van der Waals surface area (Å²) in [4.78, 5) is 29.4. The number of aromatic nitrogens is 1. The smallest absolute Gasteiger partial charge is 0.318 e. The summed E-state index contributed by atoms with van der Waals surface area (Å²) in [5, 5.41) is 8.89. The topological polar surface area (TPSA) is 83.1 Å². The van der Waals surface area contributed by atoms with Crippen LogP contribution >= 0.6 is 0 Å². The maximum Gasteiger partial charge on any atom is 0.318 e. The minimum atomic E-state index is -0.328. The standard InChI is InChI=1S/C24H20N4O2/c1-25-24(30)27-18-11-7-10-17(14-18)26-23(29)20-15-22(16-8-3-2-4-9-16)28-21-13-6-5-12-19(20)21/h2-15H,1H3,(H,26,29)(H2,25,27,30). The van der Waals surface area contributed by atoms with Crippen molar-refractivity contribution in [3.05, 3.63) is 90.5 Å². The van der Waals surface area contributed by atoms with Crippen LogP contribution in [0.15, 0.2) is 84.9 Å². The number of rotatable bonds is 4. The Kier molecular flexibility index (Phi) is 5.39. The molecule has 148 valence electrons. The molecule has 0 spiro atoms. The van der Waals surface area contributed by atoms with Crippen LogP contribution in [0.25, 0.3) is 22.2 Å². The van der Waals surface area contributed by atoms with E-state index in [-0.39, 0.29) is 11.9 Å². The zero-order chi connectivity index (χ0) is 20.9. The van der Waals surface area contributed by atoms with Crippen molar-refractivity contribution in [1.82, 2.24) is 10.3 Å². The Morgan fingerprint density at radius 1 is 0.767 bits per heavy atom. The van der Waals surface area contributed by atoms with Crippen molar-refractivity contribution >= 4 is 34.2 Å². The minimum Gasteiger partial charge on any atom is -0.341 e. The van der Waals surface area contributed by atoms with Gasteiger partial charge in [0.25, 0.3) is 5.91 Å². The molecule has 0 saturated carbocycles. The third-order valence-corrected chi connectivity index (χ3v) is 4.64. The molecule has 3 aromatic carbocycles. The van der Waals surface area contributed by atoms with Crippen LogP contribution in [0.3, 0.4) is 0 Å². The summed E-state index contributed by atoms with van der Waals surface area (Å²) >= 11 is 0. The van der Waals surface area contributed by atoms with Gasteiger partial charge < -0.3 is 16.0 Å². The summed E-state index contributed by atoms with van der Waals surface area (Å²) in [5.74, 6) is -0.247. The molecule has 0 aliphatic heterocycles. The van der Waals surface area contributed by atoms with Gasteiger partial charge in [0.1, 0.15) is 0 Å². The number of amides is 3. The van der Waals surface area contributed by atoms with Crippen LogP contribution in [-0.2, 0) is 0 Å². The lowest BCUT2D eigenvalue weighted by atomic mass is 10.0. The number of pyridine rings is 1. The van der Waals surface area contributed by atoms with E-state index in [1.54, 1.807) is 37.4 Å². The number of para-hydroxylation sites is 1. The van der Waals surface area contributed by atoms with Gasteiger partial charge in [-0.3, -0.25) is 4.79 Å². The van der Waals surface area contributed by atoms with Crippen LogP contribution in [0.1, 0.15) is 10.4 Å². The molecule has 6 nitrogen and oxygen atoms in total. The first kappa shape index (κ1) is 19.1. The Bertz CT molecular complexity index is 1220. The Morgan fingerprint density at radius 2 is 1.47 bits per heavy atom. The molecule has 1 heterocycles. The van der Waals surface area contributed by atoms with Crippen LogP contribution in [0, 0.1) is 0 Å². The molecular weight excluding hydrogens is 376 g/mol. The van der Waals surface area contributed by atoms with Gasteiger partial charge in [0.05, 0.1) is 16.8 Å². The summed E-state index contributed by atoms with van der Waals surface area (Å²) in [7, 11) is 1.54. The average molecular weight is 396 g/mol. The second-order valence-corrected chi connectivity index (χ2v) is 6.68. The van der Waals surface area contributed by atoms with E-state index >= 15 is 0 Å². The van der Waals surface area contributed by atoms with E-state index in [0.717, 1.165) is 22.2 Å². The summed E-state index contributed by atoms with van der Waals surface area (Å²) < 4.78 is 0. The molecule has 0 bridgehead atoms. The molecule has 0 radical (unpaired) electrons. The van der Waals surface area contributed by atoms with Crippen molar-refractivity contribution in [2.75, 3.05) is 17.7 Å². The molecule has 0 atom stereocenters. The molecule has 30 heavy (non-hydrogen) atoms. The summed E-state index contributed by atoms with van der Waals surface area (Å²) in [6.45, 7) is 0. The van der Waals surface area contributed by atoms with E-state index in [9.17, 15) is 9.59 Å². The van der Waals surface area contributed by atoms with Crippen molar-refractivity contribution in [2.24, 2.45) is 0 Å². The number of hydrogen-bond acceptors (Lipinski definition) is 3. The summed E-state index contributed by atoms with van der Waals surface area (Å²) in [5.41, 5.74) is 4.11. The second kappa shape index (κ2) is 8.45. The number of nitrogens with zero attached hydrogens (tertiary/aromatic N) is 1. The number of urea groups is 1. The quantitative estimate of drug-likeness (QED) is 0.458. The van der Waals surface area contributed by atoms with Crippen LogP contribution in [0.5, 0.6) is 0 Å². The number of nitrogens with one attached hydrogen (secondary N) is 3. The lowest BCUT2D eigenvalue weighted by molar-refractivity contribution is 0.102. The fourth-order valence-corrected chi connectivity index (χ4v) is 3.19. The van der Waals surface area contributed by atoms with E-state index in [1.807, 2.05) is 54.6 Å². The van der Waals surface area contributed by atoms with Gasteiger partial charge in [-0.15, -0.1) is 0 Å². The first-order chi connectivity index (χ1) is 14.6. The molecule has 0 aliphatic rings. The Hall–Kier alpha value is -4.19. The van der Waals surface area contributed by atoms with Crippen molar-refractivity contribution in [3.63, 3.8) is 0 Å². The normalized spacial score (nSPS) is 10.4. The maximum absolute atomic E-state index is 13.2. The molecular formula is C24H20N4O2. The van der Waals surface area contributed by atoms with Crippen LogP contribution in [0.2, 0.25) is 0 Å². The molecule has 0 unspecified atom stereocenters. The van der Waals surface area contributed by atoms with Gasteiger partial charge in [-0.05, 0) is 30.3 Å². The van der Waals surface area contributed by atoms with Gasteiger partial charge in [-0.25, -0.2) is 9.78 Å². The third-order valence-electron chi connectivity index (χ3n) is 4.64. The fraction of sp³-hybridized carbons (Fsp3) is 0.0417. The number of hydrogen-bond donors (Lipinski definition) is 3. The predicted octanol–water partition coefficient (Wildman–Crippen LogP) is 4.91. The van der Waals surface area contributed by atoms with Gasteiger partial charge in [0.2, 0.25) is 0 Å². The highest BCUT2D eigenvalue weighted by Crippen LogP contribution is 2.26. The number of carbonyl (C=O) groups is 2. The zero-order valence-electron chi connectivity index (χ0n) is 16.3. The molecule has 0 aliphatic carbocycles. The lowest BCUT2D eigenvalue weighted by Crippen LogP contribution is -2.24. The number of carbonyl (C=O) groups excluding carboxylic acids is 2. The molecule has 0 fully saturated rings. The Labute approximate surface area is 174 Å². The molecule has 6 heteroatoms. The summed E-state index contributed by atoms with van der Waals surface area (Å²) in [6.07, 6.45) is 0. The van der Waals surface area contributed by atoms with Gasteiger partial charge in [0.15, 0.2) is 0 Å². The van der Waals surface area contributed by atoms with E-state index in [0.29, 0.717) is 16.9 Å². The van der Waals surface area contributed by atoms with E-state index in [4.69, 9.17) is 4.98 Å². The van der Waals surface area contributed by atoms with Gasteiger partial charge >= 0.3 is 6.03 Å². The van der Waals surface area contributed by atoms with Crippen LogP contribution < -0.4 is 16.0 Å². The Balaban J connectivity index is 1.69. The highest BCUT2D eigenvalue weighted by atomic mass is 16.2. The van der Waals surface area contributed by atoms with Crippen molar-refractivity contribution in [3.8, 4) is 11.3 Å². The monoisotopic (exact) mass is 396 g/mol. The largest absolute Gasteiger partial charge is 0.341 e. The van der Waals surface area contributed by atoms with Crippen LogP contribution in [-0.4, -0.2) is 24.0 Å². The van der Waals surface area contributed by atoms with E-state index in [2.05, 4.69) is 16.0 Å². The predicted molar refractivity (Wildman–Crippen MR) is 120 cm³/mol. The average Bonchev–Trinajstić information content (AvgIpc) is 2.79. The number of anilines is 2. The second-order valence-electron chi connectivity index (χ2n) is 6.68. The fourth-order valence-electron chi connectivity index (χ4n) is 3.19. The highest BCUT2D eigenvalue weighted by Gasteiger charge is 2.14. The first-order valence-electron chi connectivity index (χ1n) is 9.49. The van der Waals surface area contributed by atoms with Gasteiger partial charge in [-0.1, -0.05) is 54.6 Å². The summed E-state index contributed by atoms with van der Waals surface area (Å²) in [6, 6.07) is 25.8. The van der Waals surface area contributed by atoms with Crippen LogP contribution in [0.4, 0.5) is 16.2 Å². The van der Waals surface area contributed by atoms with E-state index in [1.165, 1.54) is 0 Å². The van der Waals surface area contributed by atoms with Gasteiger partial charge in [-0.2, -0.15) is 0 Å². The third kappa shape index (κ3) is 4.12. The SMILES string of the molecule is CNC(=O)Nc1cccc(NC(=O)c2cc(-c3ccccc3)nc3ccccc23)c1. The number of fused-ring (bicyclic) bond motifs is 1. The van der Waals surface area contributed by atoms with Gasteiger partial charge in [0, 0.05) is 29.4 Å². The molecule has 4 aromatic rings. The first-order valence-corrected chi connectivity index (χ1v) is 9.49. The lowest BCUT2D eigenvalue weighted by Gasteiger charge is -2.12. The Morgan fingerprint density at radius 3 is 2.23 bits per heavy atom. The molecule has 3 amide bonds. The maximum atomic E-state index is 13.2. The highest BCUT2D eigenvalue weighted by molar-refractivity contribution is 6.13. The molecule has 1 aromatic heterocycles. The van der Waals surface area contributed by atoms with Crippen molar-refractivity contribution in [1.29, 1.82) is 0 Å². The molecule has 0 saturated heterocycles. The minimum absolute atomic E-state index is 0.247. The van der Waals surface area contributed by atoms with E-state index < -0.39 is 0 Å². The number of benzene rings is 3. The van der Waals surface area contributed by atoms with Crippen molar-refractivity contribution in [2.45, 2.75) is 0 Å². The zero-order valence-corrected chi connectivity index (χ0v) is 16.3. The molecule has 3 N–H and O–H groups in total.